The summed E-state index contributed by atoms with van der Waals surface area (Å²) in [5.41, 5.74) is 3.41. The molecule has 1 aromatic heterocycles. The van der Waals surface area contributed by atoms with E-state index in [1.807, 2.05) is 19.1 Å². The lowest BCUT2D eigenvalue weighted by atomic mass is 9.88. The number of nitrogens with zero attached hydrogens (tertiary/aromatic N) is 2. The molecule has 24 heavy (non-hydrogen) atoms. The number of rotatable bonds is 6. The van der Waals surface area contributed by atoms with Gasteiger partial charge in [0.05, 0.1) is 18.8 Å². The van der Waals surface area contributed by atoms with E-state index in [4.69, 9.17) is 4.42 Å². The predicted octanol–water partition coefficient (Wildman–Crippen LogP) is 3.49. The summed E-state index contributed by atoms with van der Waals surface area (Å²) in [5.74, 6) is 2.57. The molecule has 0 aliphatic carbocycles. The summed E-state index contributed by atoms with van der Waals surface area (Å²) in [5, 5.41) is 9.48. The van der Waals surface area contributed by atoms with E-state index in [0.29, 0.717) is 5.92 Å². The van der Waals surface area contributed by atoms with E-state index in [9.17, 15) is 5.11 Å². The first kappa shape index (κ1) is 17.2. The van der Waals surface area contributed by atoms with E-state index in [1.54, 1.807) is 0 Å². The van der Waals surface area contributed by atoms with Gasteiger partial charge in [0.1, 0.15) is 5.76 Å². The normalized spacial score (nSPS) is 16.6. The van der Waals surface area contributed by atoms with Crippen LogP contribution in [0.2, 0.25) is 0 Å². The summed E-state index contributed by atoms with van der Waals surface area (Å²) in [4.78, 5) is 6.94. The Morgan fingerprint density at radius 2 is 1.92 bits per heavy atom. The predicted molar refractivity (Wildman–Crippen MR) is 94.7 cm³/mol. The number of aliphatic hydroxyl groups excluding tert-OH is 1. The first-order valence-electron chi connectivity index (χ1n) is 9.04. The molecule has 2 heterocycles. The van der Waals surface area contributed by atoms with Crippen molar-refractivity contribution in [1.82, 2.24) is 9.88 Å². The Morgan fingerprint density at radius 3 is 2.54 bits per heavy atom. The summed E-state index contributed by atoms with van der Waals surface area (Å²) in [6.45, 7) is 7.33. The van der Waals surface area contributed by atoms with Crippen molar-refractivity contribution in [3.05, 3.63) is 52.7 Å². The number of benzene rings is 1. The quantitative estimate of drug-likeness (QED) is 0.882. The van der Waals surface area contributed by atoms with E-state index in [0.717, 1.165) is 55.4 Å². The summed E-state index contributed by atoms with van der Waals surface area (Å²) in [7, 11) is 0. The topological polar surface area (TPSA) is 49.5 Å². The van der Waals surface area contributed by atoms with E-state index >= 15 is 0 Å². The fraction of sp³-hybridized carbons (Fsp3) is 0.550. The van der Waals surface area contributed by atoms with Crippen molar-refractivity contribution < 1.29 is 9.52 Å². The molecule has 4 heteroatoms. The second kappa shape index (κ2) is 7.95. The molecule has 0 amide bonds. The molecule has 4 nitrogen and oxygen atoms in total. The Kier molecular flexibility index (Phi) is 5.69. The van der Waals surface area contributed by atoms with Crippen LogP contribution in [0.3, 0.4) is 0 Å². The van der Waals surface area contributed by atoms with Crippen LogP contribution in [0, 0.1) is 12.8 Å². The Balaban J connectivity index is 1.53. The third-order valence-electron chi connectivity index (χ3n) is 5.11. The van der Waals surface area contributed by atoms with Gasteiger partial charge in [0.25, 0.3) is 0 Å². The molecular weight excluding hydrogens is 300 g/mol. The Morgan fingerprint density at radius 1 is 1.21 bits per heavy atom. The molecule has 0 spiro atoms. The fourth-order valence-corrected chi connectivity index (χ4v) is 3.56. The Hall–Kier alpha value is -1.65. The zero-order valence-electron chi connectivity index (χ0n) is 14.8. The average Bonchev–Trinajstić information content (AvgIpc) is 2.97. The standard InChI is InChI=1S/C20H28N2O2/c1-3-20-21-15(2)19(24-20)13-22-10-8-16(9-11-22)12-17-6-4-5-7-18(17)14-23/h4-7,16,23H,3,8-14H2,1-2H3. The molecule has 0 atom stereocenters. The Bertz CT molecular complexity index is 657. The number of oxazole rings is 1. The molecule has 0 unspecified atom stereocenters. The number of likely N-dealkylation sites (tertiary alicyclic amines) is 1. The van der Waals surface area contributed by atoms with Crippen molar-refractivity contribution in [2.75, 3.05) is 13.1 Å². The van der Waals surface area contributed by atoms with Gasteiger partial charge in [-0.3, -0.25) is 4.90 Å². The number of hydrogen-bond donors (Lipinski definition) is 1. The van der Waals surface area contributed by atoms with Gasteiger partial charge < -0.3 is 9.52 Å². The average molecular weight is 328 g/mol. The van der Waals surface area contributed by atoms with E-state index < -0.39 is 0 Å². The van der Waals surface area contributed by atoms with Crippen molar-refractivity contribution in [3.8, 4) is 0 Å². The molecule has 2 aromatic rings. The van der Waals surface area contributed by atoms with Gasteiger partial charge in [0, 0.05) is 6.42 Å². The molecule has 0 saturated carbocycles. The molecule has 0 radical (unpaired) electrons. The number of aliphatic hydroxyl groups is 1. The lowest BCUT2D eigenvalue weighted by molar-refractivity contribution is 0.164. The van der Waals surface area contributed by atoms with Crippen LogP contribution in [0.15, 0.2) is 28.7 Å². The van der Waals surface area contributed by atoms with Crippen molar-refractivity contribution >= 4 is 0 Å². The highest BCUT2D eigenvalue weighted by Gasteiger charge is 2.22. The molecule has 1 aliphatic rings. The van der Waals surface area contributed by atoms with Crippen LogP contribution < -0.4 is 0 Å². The highest BCUT2D eigenvalue weighted by Crippen LogP contribution is 2.25. The maximum Gasteiger partial charge on any atom is 0.194 e. The number of aromatic nitrogens is 1. The summed E-state index contributed by atoms with van der Waals surface area (Å²) in [6, 6.07) is 8.26. The maximum atomic E-state index is 9.48. The minimum Gasteiger partial charge on any atom is -0.444 e. The van der Waals surface area contributed by atoms with Crippen LogP contribution in [-0.4, -0.2) is 28.1 Å². The highest BCUT2D eigenvalue weighted by molar-refractivity contribution is 5.26. The molecule has 1 saturated heterocycles. The Labute approximate surface area is 144 Å². The summed E-state index contributed by atoms with van der Waals surface area (Å²) < 4.78 is 5.84. The van der Waals surface area contributed by atoms with Gasteiger partial charge in [-0.05, 0) is 56.3 Å². The van der Waals surface area contributed by atoms with Crippen molar-refractivity contribution in [3.63, 3.8) is 0 Å². The van der Waals surface area contributed by atoms with Gasteiger partial charge in [-0.2, -0.15) is 0 Å². The van der Waals surface area contributed by atoms with Gasteiger partial charge >= 0.3 is 0 Å². The second-order valence-electron chi connectivity index (χ2n) is 6.82. The lowest BCUT2D eigenvalue weighted by Crippen LogP contribution is -2.34. The van der Waals surface area contributed by atoms with E-state index in [-0.39, 0.29) is 6.61 Å². The van der Waals surface area contributed by atoms with Crippen LogP contribution in [-0.2, 0) is 26.0 Å². The third-order valence-corrected chi connectivity index (χ3v) is 5.11. The smallest absolute Gasteiger partial charge is 0.194 e. The zero-order valence-corrected chi connectivity index (χ0v) is 14.8. The van der Waals surface area contributed by atoms with Crippen molar-refractivity contribution in [2.45, 2.75) is 52.7 Å². The van der Waals surface area contributed by atoms with Gasteiger partial charge in [-0.1, -0.05) is 31.2 Å². The zero-order chi connectivity index (χ0) is 16.9. The first-order chi connectivity index (χ1) is 11.7. The highest BCUT2D eigenvalue weighted by atomic mass is 16.4. The van der Waals surface area contributed by atoms with Gasteiger partial charge in [-0.15, -0.1) is 0 Å². The fourth-order valence-electron chi connectivity index (χ4n) is 3.56. The molecule has 1 N–H and O–H groups in total. The van der Waals surface area contributed by atoms with Gasteiger partial charge in [0.2, 0.25) is 0 Å². The number of aryl methyl sites for hydroxylation is 2. The van der Waals surface area contributed by atoms with Crippen LogP contribution in [0.1, 0.15) is 48.2 Å². The number of piperidine rings is 1. The lowest BCUT2D eigenvalue weighted by Gasteiger charge is -2.31. The van der Waals surface area contributed by atoms with Crippen molar-refractivity contribution in [1.29, 1.82) is 0 Å². The molecule has 130 valence electrons. The van der Waals surface area contributed by atoms with Crippen LogP contribution in [0.25, 0.3) is 0 Å². The van der Waals surface area contributed by atoms with E-state index in [2.05, 4.69) is 28.9 Å². The minimum atomic E-state index is 0.138. The van der Waals surface area contributed by atoms with Gasteiger partial charge in [0.15, 0.2) is 5.89 Å². The third kappa shape index (κ3) is 4.05. The van der Waals surface area contributed by atoms with Crippen molar-refractivity contribution in [2.24, 2.45) is 5.92 Å². The molecule has 1 fully saturated rings. The molecule has 3 rings (SSSR count). The first-order valence-corrected chi connectivity index (χ1v) is 9.04. The molecule has 1 aromatic carbocycles. The van der Waals surface area contributed by atoms with Crippen LogP contribution in [0.5, 0.6) is 0 Å². The summed E-state index contributed by atoms with van der Waals surface area (Å²) >= 11 is 0. The SMILES string of the molecule is CCc1nc(C)c(CN2CCC(Cc3ccccc3CO)CC2)o1. The molecular formula is C20H28N2O2. The largest absolute Gasteiger partial charge is 0.444 e. The van der Waals surface area contributed by atoms with Gasteiger partial charge in [-0.25, -0.2) is 4.98 Å². The van der Waals surface area contributed by atoms with Crippen LogP contribution >= 0.6 is 0 Å². The number of hydrogen-bond acceptors (Lipinski definition) is 4. The monoisotopic (exact) mass is 328 g/mol. The van der Waals surface area contributed by atoms with Crippen LogP contribution in [0.4, 0.5) is 0 Å². The summed E-state index contributed by atoms with van der Waals surface area (Å²) in [6.07, 6.45) is 4.33. The minimum absolute atomic E-state index is 0.138. The maximum absolute atomic E-state index is 9.48. The second-order valence-corrected chi connectivity index (χ2v) is 6.82. The molecule has 1 aliphatic heterocycles. The van der Waals surface area contributed by atoms with E-state index in [1.165, 1.54) is 18.4 Å². The molecule has 0 bridgehead atoms.